The Morgan fingerprint density at radius 1 is 1.67 bits per heavy atom. The molecule has 1 aliphatic heterocycles. The monoisotopic (exact) mass is 173 g/mol. The lowest BCUT2D eigenvalue weighted by Gasteiger charge is -2.31. The Kier molecular flexibility index (Phi) is 3.98. The number of rotatable bonds is 3. The van der Waals surface area contributed by atoms with Gasteiger partial charge in [-0.25, -0.2) is 0 Å². The lowest BCUT2D eigenvalue weighted by atomic mass is 10.0. The summed E-state index contributed by atoms with van der Waals surface area (Å²) in [6.45, 7) is 5.83. The molecule has 0 saturated carbocycles. The van der Waals surface area contributed by atoms with Crippen molar-refractivity contribution in [2.75, 3.05) is 13.2 Å². The third-order valence-electron chi connectivity index (χ3n) is 2.37. The van der Waals surface area contributed by atoms with Crippen LogP contribution in [0.5, 0.6) is 0 Å². The normalized spacial score (nSPS) is 33.2. The lowest BCUT2D eigenvalue weighted by molar-refractivity contribution is -0.0560. The van der Waals surface area contributed by atoms with Crippen molar-refractivity contribution in [1.82, 2.24) is 5.32 Å². The highest BCUT2D eigenvalue weighted by atomic mass is 16.5. The van der Waals surface area contributed by atoms with E-state index < -0.39 is 0 Å². The van der Waals surface area contributed by atoms with Crippen molar-refractivity contribution in [3.05, 3.63) is 0 Å². The van der Waals surface area contributed by atoms with Crippen LogP contribution in [0.2, 0.25) is 0 Å². The van der Waals surface area contributed by atoms with Gasteiger partial charge in [-0.3, -0.25) is 0 Å². The molecule has 3 nitrogen and oxygen atoms in total. The summed E-state index contributed by atoms with van der Waals surface area (Å²) in [5.74, 6) is 0. The molecule has 1 saturated heterocycles. The third-order valence-corrected chi connectivity index (χ3v) is 2.37. The van der Waals surface area contributed by atoms with E-state index in [-0.39, 0.29) is 12.2 Å². The standard InChI is InChI=1S/C9H19NO2/c1-3-10-7(2)9-6-8(11)4-5-12-9/h7-11H,3-6H2,1-2H3/t7-,8?,9?/m1/s1. The Morgan fingerprint density at radius 3 is 3.00 bits per heavy atom. The van der Waals surface area contributed by atoms with Crippen LogP contribution < -0.4 is 5.32 Å². The lowest BCUT2D eigenvalue weighted by Crippen LogP contribution is -2.43. The molecular formula is C9H19NO2. The molecule has 1 heterocycles. The molecule has 1 rings (SSSR count). The van der Waals surface area contributed by atoms with Crippen LogP contribution in [0.3, 0.4) is 0 Å². The Morgan fingerprint density at radius 2 is 2.42 bits per heavy atom. The predicted molar refractivity (Wildman–Crippen MR) is 48.1 cm³/mol. The highest BCUT2D eigenvalue weighted by molar-refractivity contribution is 4.78. The summed E-state index contributed by atoms with van der Waals surface area (Å²) >= 11 is 0. The van der Waals surface area contributed by atoms with Gasteiger partial charge in [-0.2, -0.15) is 0 Å². The van der Waals surface area contributed by atoms with Gasteiger partial charge >= 0.3 is 0 Å². The van der Waals surface area contributed by atoms with E-state index in [0.717, 1.165) is 19.4 Å². The molecule has 0 aliphatic carbocycles. The van der Waals surface area contributed by atoms with E-state index >= 15 is 0 Å². The second-order valence-corrected chi connectivity index (χ2v) is 3.43. The molecule has 1 fully saturated rings. The van der Waals surface area contributed by atoms with Crippen molar-refractivity contribution in [3.8, 4) is 0 Å². The van der Waals surface area contributed by atoms with Gasteiger partial charge in [-0.15, -0.1) is 0 Å². The summed E-state index contributed by atoms with van der Waals surface area (Å²) in [5.41, 5.74) is 0. The number of hydrogen-bond acceptors (Lipinski definition) is 3. The molecule has 2 unspecified atom stereocenters. The molecule has 1 aliphatic rings. The first-order valence-corrected chi connectivity index (χ1v) is 4.77. The first kappa shape index (κ1) is 9.96. The Balaban J connectivity index is 2.29. The van der Waals surface area contributed by atoms with Gasteiger partial charge in [0.25, 0.3) is 0 Å². The van der Waals surface area contributed by atoms with Crippen LogP contribution >= 0.6 is 0 Å². The number of hydrogen-bond donors (Lipinski definition) is 2. The average molecular weight is 173 g/mol. The number of nitrogens with one attached hydrogen (secondary N) is 1. The summed E-state index contributed by atoms with van der Waals surface area (Å²) in [7, 11) is 0. The van der Waals surface area contributed by atoms with Gasteiger partial charge in [0.05, 0.1) is 12.2 Å². The maximum Gasteiger partial charge on any atom is 0.0749 e. The van der Waals surface area contributed by atoms with Crippen molar-refractivity contribution in [2.24, 2.45) is 0 Å². The van der Waals surface area contributed by atoms with E-state index in [2.05, 4.69) is 19.2 Å². The van der Waals surface area contributed by atoms with Crippen molar-refractivity contribution < 1.29 is 9.84 Å². The molecule has 0 spiro atoms. The van der Waals surface area contributed by atoms with Crippen LogP contribution in [-0.4, -0.2) is 36.5 Å². The van der Waals surface area contributed by atoms with E-state index in [1.807, 2.05) is 0 Å². The fourth-order valence-electron chi connectivity index (χ4n) is 1.61. The summed E-state index contributed by atoms with van der Waals surface area (Å²) in [4.78, 5) is 0. The smallest absolute Gasteiger partial charge is 0.0749 e. The molecule has 0 aromatic heterocycles. The predicted octanol–water partition coefficient (Wildman–Crippen LogP) is 0.524. The summed E-state index contributed by atoms with van der Waals surface area (Å²) in [6, 6.07) is 0.352. The molecular weight excluding hydrogens is 154 g/mol. The van der Waals surface area contributed by atoms with Crippen LogP contribution in [0.4, 0.5) is 0 Å². The van der Waals surface area contributed by atoms with Crippen molar-refractivity contribution >= 4 is 0 Å². The fraction of sp³-hybridized carbons (Fsp3) is 1.00. The van der Waals surface area contributed by atoms with Crippen LogP contribution in [0, 0.1) is 0 Å². The van der Waals surface area contributed by atoms with Crippen molar-refractivity contribution in [3.63, 3.8) is 0 Å². The fourth-order valence-corrected chi connectivity index (χ4v) is 1.61. The van der Waals surface area contributed by atoms with E-state index in [0.29, 0.717) is 12.6 Å². The molecule has 3 atom stereocenters. The molecule has 0 radical (unpaired) electrons. The van der Waals surface area contributed by atoms with E-state index in [1.54, 1.807) is 0 Å². The molecule has 0 aromatic rings. The van der Waals surface area contributed by atoms with Crippen molar-refractivity contribution in [2.45, 2.75) is 44.9 Å². The van der Waals surface area contributed by atoms with Crippen LogP contribution in [0.1, 0.15) is 26.7 Å². The van der Waals surface area contributed by atoms with E-state index in [1.165, 1.54) is 0 Å². The zero-order valence-corrected chi connectivity index (χ0v) is 7.92. The zero-order valence-electron chi connectivity index (χ0n) is 7.92. The maximum atomic E-state index is 9.39. The van der Waals surface area contributed by atoms with Gasteiger partial charge in [0.15, 0.2) is 0 Å². The minimum atomic E-state index is -0.162. The van der Waals surface area contributed by atoms with Gasteiger partial charge in [-0.05, 0) is 19.9 Å². The van der Waals surface area contributed by atoms with Crippen LogP contribution in [0.25, 0.3) is 0 Å². The summed E-state index contributed by atoms with van der Waals surface area (Å²) in [5, 5.41) is 12.7. The van der Waals surface area contributed by atoms with Gasteiger partial charge in [0, 0.05) is 19.1 Å². The Bertz CT molecular complexity index is 130. The number of ether oxygens (including phenoxy) is 1. The molecule has 0 aromatic carbocycles. The second kappa shape index (κ2) is 4.80. The summed E-state index contributed by atoms with van der Waals surface area (Å²) in [6.07, 6.45) is 1.59. The second-order valence-electron chi connectivity index (χ2n) is 3.43. The first-order chi connectivity index (χ1) is 5.74. The number of aliphatic hydroxyl groups excluding tert-OH is 1. The van der Waals surface area contributed by atoms with E-state index in [4.69, 9.17) is 4.74 Å². The van der Waals surface area contributed by atoms with Gasteiger partial charge in [0.1, 0.15) is 0 Å². The van der Waals surface area contributed by atoms with E-state index in [9.17, 15) is 5.11 Å². The van der Waals surface area contributed by atoms with Crippen molar-refractivity contribution in [1.29, 1.82) is 0 Å². The maximum absolute atomic E-state index is 9.39. The average Bonchev–Trinajstić information content (AvgIpc) is 2.05. The zero-order chi connectivity index (χ0) is 8.97. The summed E-state index contributed by atoms with van der Waals surface area (Å²) < 4.78 is 5.54. The van der Waals surface area contributed by atoms with Gasteiger partial charge in [-0.1, -0.05) is 6.92 Å². The van der Waals surface area contributed by atoms with Crippen LogP contribution in [0.15, 0.2) is 0 Å². The number of aliphatic hydroxyl groups is 1. The quantitative estimate of drug-likeness (QED) is 0.654. The number of likely N-dealkylation sites (N-methyl/N-ethyl adjacent to an activating group) is 1. The SMILES string of the molecule is CCN[C@H](C)C1CC(O)CCO1. The Labute approximate surface area is 74.1 Å². The van der Waals surface area contributed by atoms with Crippen LogP contribution in [-0.2, 0) is 4.74 Å². The molecule has 2 N–H and O–H groups in total. The Hall–Kier alpha value is -0.120. The topological polar surface area (TPSA) is 41.5 Å². The van der Waals surface area contributed by atoms with Gasteiger partial charge < -0.3 is 15.2 Å². The molecule has 3 heteroatoms. The minimum Gasteiger partial charge on any atom is -0.393 e. The molecule has 72 valence electrons. The highest BCUT2D eigenvalue weighted by Crippen LogP contribution is 2.16. The third kappa shape index (κ3) is 2.73. The van der Waals surface area contributed by atoms with Gasteiger partial charge in [0.2, 0.25) is 0 Å². The largest absolute Gasteiger partial charge is 0.393 e. The highest BCUT2D eigenvalue weighted by Gasteiger charge is 2.24. The molecule has 12 heavy (non-hydrogen) atoms. The molecule has 0 amide bonds. The first-order valence-electron chi connectivity index (χ1n) is 4.77. The minimum absolute atomic E-state index is 0.162. The molecule has 0 bridgehead atoms.